The van der Waals surface area contributed by atoms with Crippen LogP contribution in [0.25, 0.3) is 0 Å². The summed E-state index contributed by atoms with van der Waals surface area (Å²) in [7, 11) is 0. The van der Waals surface area contributed by atoms with Gasteiger partial charge in [0.2, 0.25) is 5.91 Å². The van der Waals surface area contributed by atoms with Gasteiger partial charge in [-0.1, -0.05) is 37.5 Å². The quantitative estimate of drug-likeness (QED) is 0.764. The van der Waals surface area contributed by atoms with Crippen molar-refractivity contribution in [3.05, 3.63) is 35.4 Å². The largest absolute Gasteiger partial charge is 0.416 e. The number of rotatable bonds is 2. The molecule has 1 aliphatic carbocycles. The van der Waals surface area contributed by atoms with E-state index in [9.17, 15) is 18.0 Å². The van der Waals surface area contributed by atoms with Gasteiger partial charge in [0.05, 0.1) is 5.56 Å². The summed E-state index contributed by atoms with van der Waals surface area (Å²) in [5.74, 6) is 0.717. The van der Waals surface area contributed by atoms with Gasteiger partial charge in [0.25, 0.3) is 0 Å². The summed E-state index contributed by atoms with van der Waals surface area (Å²) in [5.41, 5.74) is -0.410. The number of alkyl halides is 3. The predicted octanol–water partition coefficient (Wildman–Crippen LogP) is 4.86. The molecule has 1 saturated heterocycles. The highest BCUT2D eigenvalue weighted by atomic mass is 32.2. The first-order valence-corrected chi connectivity index (χ1v) is 9.11. The Morgan fingerprint density at radius 2 is 1.83 bits per heavy atom. The average molecular weight is 343 g/mol. The molecule has 0 spiro atoms. The minimum Gasteiger partial charge on any atom is -0.325 e. The van der Waals surface area contributed by atoms with Gasteiger partial charge >= 0.3 is 6.18 Å². The monoisotopic (exact) mass is 343 g/mol. The number of halogens is 3. The van der Waals surface area contributed by atoms with Crippen LogP contribution in [0.1, 0.15) is 48.6 Å². The molecule has 2 aliphatic rings. The summed E-state index contributed by atoms with van der Waals surface area (Å²) in [4.78, 5) is 14.4. The lowest BCUT2D eigenvalue weighted by Gasteiger charge is -2.31. The van der Waals surface area contributed by atoms with Gasteiger partial charge in [-0.15, -0.1) is 11.8 Å². The van der Waals surface area contributed by atoms with E-state index in [-0.39, 0.29) is 17.4 Å². The Kier molecular flexibility index (Phi) is 4.90. The Morgan fingerprint density at radius 3 is 2.52 bits per heavy atom. The molecular formula is C17H20F3NOS. The molecule has 1 saturated carbocycles. The summed E-state index contributed by atoms with van der Waals surface area (Å²) in [6.45, 7) is 0.539. The first-order chi connectivity index (χ1) is 11.0. The number of amides is 1. The van der Waals surface area contributed by atoms with Crippen LogP contribution in [0.2, 0.25) is 0 Å². The topological polar surface area (TPSA) is 20.3 Å². The molecule has 0 radical (unpaired) electrons. The standard InChI is InChI=1S/C17H20F3NOS/c18-17(19,20)14-9-5-4-8-13(14)16-21(10-11-23-16)15(22)12-6-2-1-3-7-12/h4-5,8-9,12,16H,1-3,6-7,10-11H2. The molecule has 1 amide bonds. The first kappa shape index (κ1) is 16.7. The van der Waals surface area contributed by atoms with E-state index in [1.54, 1.807) is 11.0 Å². The van der Waals surface area contributed by atoms with Crippen LogP contribution in [0.4, 0.5) is 13.2 Å². The van der Waals surface area contributed by atoms with Crippen LogP contribution in [-0.4, -0.2) is 23.1 Å². The normalized spacial score (nSPS) is 23.3. The molecule has 1 aromatic rings. The van der Waals surface area contributed by atoms with Gasteiger partial charge in [-0.3, -0.25) is 4.79 Å². The maximum absolute atomic E-state index is 13.3. The zero-order chi connectivity index (χ0) is 16.4. The summed E-state index contributed by atoms with van der Waals surface area (Å²) < 4.78 is 39.8. The van der Waals surface area contributed by atoms with Crippen molar-refractivity contribution in [3.63, 3.8) is 0 Å². The summed E-state index contributed by atoms with van der Waals surface area (Å²) in [6.07, 6.45) is 0.585. The molecule has 0 bridgehead atoms. The third-order valence-electron chi connectivity index (χ3n) is 4.66. The van der Waals surface area contributed by atoms with Gasteiger partial charge in [-0.25, -0.2) is 0 Å². The molecular weight excluding hydrogens is 323 g/mol. The van der Waals surface area contributed by atoms with Crippen LogP contribution in [0.15, 0.2) is 24.3 Å². The second-order valence-electron chi connectivity index (χ2n) is 6.17. The van der Waals surface area contributed by atoms with E-state index < -0.39 is 17.1 Å². The van der Waals surface area contributed by atoms with Crippen molar-refractivity contribution in [1.82, 2.24) is 4.90 Å². The molecule has 126 valence electrons. The van der Waals surface area contributed by atoms with Crippen molar-refractivity contribution in [1.29, 1.82) is 0 Å². The number of carbonyl (C=O) groups is 1. The highest BCUT2D eigenvalue weighted by molar-refractivity contribution is 7.99. The highest BCUT2D eigenvalue weighted by Gasteiger charge is 2.40. The van der Waals surface area contributed by atoms with Gasteiger partial charge in [0.15, 0.2) is 0 Å². The lowest BCUT2D eigenvalue weighted by Crippen LogP contribution is -2.37. The molecule has 2 nitrogen and oxygen atoms in total. The Bertz CT molecular complexity index is 569. The molecule has 0 aromatic heterocycles. The minimum absolute atomic E-state index is 0.0111. The molecule has 2 fully saturated rings. The van der Waals surface area contributed by atoms with Gasteiger partial charge in [0.1, 0.15) is 5.37 Å². The lowest BCUT2D eigenvalue weighted by atomic mass is 9.88. The predicted molar refractivity (Wildman–Crippen MR) is 84.9 cm³/mol. The van der Waals surface area contributed by atoms with E-state index in [4.69, 9.17) is 0 Å². The zero-order valence-corrected chi connectivity index (χ0v) is 13.6. The Labute approximate surface area is 138 Å². The van der Waals surface area contributed by atoms with Crippen molar-refractivity contribution in [3.8, 4) is 0 Å². The Morgan fingerprint density at radius 1 is 1.13 bits per heavy atom. The molecule has 1 aliphatic heterocycles. The number of thioether (sulfide) groups is 1. The van der Waals surface area contributed by atoms with E-state index in [0.717, 1.165) is 38.2 Å². The fraction of sp³-hybridized carbons (Fsp3) is 0.588. The molecule has 3 rings (SSSR count). The SMILES string of the molecule is O=C(C1CCCCC1)N1CCSC1c1ccccc1C(F)(F)F. The van der Waals surface area contributed by atoms with E-state index in [0.29, 0.717) is 12.3 Å². The van der Waals surface area contributed by atoms with Crippen molar-refractivity contribution in [2.45, 2.75) is 43.7 Å². The van der Waals surface area contributed by atoms with Gasteiger partial charge in [-0.05, 0) is 24.5 Å². The lowest BCUT2D eigenvalue weighted by molar-refractivity contribution is -0.141. The Hall–Kier alpha value is -1.17. The van der Waals surface area contributed by atoms with Crippen LogP contribution in [0.5, 0.6) is 0 Å². The summed E-state index contributed by atoms with van der Waals surface area (Å²) in [6, 6.07) is 5.64. The molecule has 1 atom stereocenters. The molecule has 1 unspecified atom stereocenters. The van der Waals surface area contributed by atoms with Crippen LogP contribution >= 0.6 is 11.8 Å². The number of hydrogen-bond acceptors (Lipinski definition) is 2. The third kappa shape index (κ3) is 3.52. The van der Waals surface area contributed by atoms with Crippen molar-refractivity contribution in [2.75, 3.05) is 12.3 Å². The second kappa shape index (κ2) is 6.75. The molecule has 1 aromatic carbocycles. The third-order valence-corrected chi connectivity index (χ3v) is 5.90. The maximum atomic E-state index is 13.3. The van der Waals surface area contributed by atoms with Gasteiger partial charge in [0, 0.05) is 18.2 Å². The van der Waals surface area contributed by atoms with E-state index >= 15 is 0 Å². The number of hydrogen-bond donors (Lipinski definition) is 0. The van der Waals surface area contributed by atoms with Crippen LogP contribution < -0.4 is 0 Å². The second-order valence-corrected chi connectivity index (χ2v) is 7.36. The van der Waals surface area contributed by atoms with Crippen LogP contribution in [0.3, 0.4) is 0 Å². The van der Waals surface area contributed by atoms with E-state index in [2.05, 4.69) is 0 Å². The van der Waals surface area contributed by atoms with Gasteiger partial charge in [-0.2, -0.15) is 13.2 Å². The molecule has 1 heterocycles. The minimum atomic E-state index is -4.39. The first-order valence-electron chi connectivity index (χ1n) is 8.06. The molecule has 23 heavy (non-hydrogen) atoms. The van der Waals surface area contributed by atoms with Crippen molar-refractivity contribution in [2.24, 2.45) is 5.92 Å². The van der Waals surface area contributed by atoms with Crippen molar-refractivity contribution >= 4 is 17.7 Å². The Balaban J connectivity index is 1.86. The van der Waals surface area contributed by atoms with Crippen molar-refractivity contribution < 1.29 is 18.0 Å². The van der Waals surface area contributed by atoms with Crippen LogP contribution in [-0.2, 0) is 11.0 Å². The molecule has 0 N–H and O–H groups in total. The fourth-order valence-electron chi connectivity index (χ4n) is 3.51. The maximum Gasteiger partial charge on any atom is 0.416 e. The van der Waals surface area contributed by atoms with Crippen LogP contribution in [0, 0.1) is 5.92 Å². The fourth-order valence-corrected chi connectivity index (χ4v) is 4.81. The van der Waals surface area contributed by atoms with Gasteiger partial charge < -0.3 is 4.90 Å². The van der Waals surface area contributed by atoms with E-state index in [1.165, 1.54) is 23.9 Å². The number of carbonyl (C=O) groups excluding carboxylic acids is 1. The number of nitrogens with zero attached hydrogens (tertiary/aromatic N) is 1. The summed E-state index contributed by atoms with van der Waals surface area (Å²) >= 11 is 1.43. The van der Waals surface area contributed by atoms with E-state index in [1.807, 2.05) is 0 Å². The average Bonchev–Trinajstić information content (AvgIpc) is 3.03. The smallest absolute Gasteiger partial charge is 0.325 e. The summed E-state index contributed by atoms with van der Waals surface area (Å²) in [5, 5.41) is -0.512. The highest BCUT2D eigenvalue weighted by Crippen LogP contribution is 2.44. The number of benzene rings is 1. The molecule has 6 heteroatoms. The zero-order valence-electron chi connectivity index (χ0n) is 12.8.